The minimum absolute atomic E-state index is 0.0964. The molecule has 2 aliphatic rings. The molecule has 0 aromatic heterocycles. The summed E-state index contributed by atoms with van der Waals surface area (Å²) in [7, 11) is 0. The number of rotatable bonds is 0. The van der Waals surface area contributed by atoms with Crippen molar-refractivity contribution >= 4 is 6.09 Å². The smallest absolute Gasteiger partial charge is 0.412 e. The minimum atomic E-state index is -1.58. The molecule has 0 spiro atoms. The molecule has 0 aromatic rings. The molecule has 5 atom stereocenters. The summed E-state index contributed by atoms with van der Waals surface area (Å²) in [5.41, 5.74) is 0. The van der Waals surface area contributed by atoms with Crippen molar-refractivity contribution in [3.8, 4) is 0 Å². The van der Waals surface area contributed by atoms with Gasteiger partial charge in [-0.15, -0.1) is 0 Å². The lowest BCUT2D eigenvalue weighted by atomic mass is 9.94. The zero-order valence-electron chi connectivity index (χ0n) is 7.15. The highest BCUT2D eigenvalue weighted by Gasteiger charge is 2.53. The van der Waals surface area contributed by atoms with Crippen LogP contribution in [-0.2, 0) is 4.74 Å². The predicted molar refractivity (Wildman–Crippen MR) is 41.0 cm³/mol. The number of fused-ring (bicyclic) bond motifs is 1. The van der Waals surface area contributed by atoms with Crippen LogP contribution in [0.2, 0.25) is 0 Å². The summed E-state index contributed by atoms with van der Waals surface area (Å²) in [5, 5.41) is 37.4. The molecule has 4 N–H and O–H groups in total. The number of hydrogen-bond donors (Lipinski definition) is 4. The van der Waals surface area contributed by atoms with Crippen molar-refractivity contribution in [1.82, 2.24) is 4.90 Å². The van der Waals surface area contributed by atoms with Crippen LogP contribution in [0.25, 0.3) is 0 Å². The summed E-state index contributed by atoms with van der Waals surface area (Å²) in [4.78, 5) is 11.9. The lowest BCUT2D eigenvalue weighted by Crippen LogP contribution is -2.65. The number of carbonyl (C=O) groups is 1. The molecule has 2 saturated heterocycles. The van der Waals surface area contributed by atoms with E-state index in [-0.39, 0.29) is 6.61 Å². The molecule has 0 saturated carbocycles. The van der Waals surface area contributed by atoms with Gasteiger partial charge in [0, 0.05) is 0 Å². The molecule has 2 heterocycles. The Morgan fingerprint density at radius 2 is 1.79 bits per heavy atom. The van der Waals surface area contributed by atoms with Crippen LogP contribution in [-0.4, -0.2) is 68.6 Å². The average molecular weight is 205 g/mol. The first-order valence-corrected chi connectivity index (χ1v) is 4.21. The van der Waals surface area contributed by atoms with Gasteiger partial charge in [-0.05, 0) is 0 Å². The van der Waals surface area contributed by atoms with E-state index in [1.807, 2.05) is 0 Å². The highest BCUT2D eigenvalue weighted by Crippen LogP contribution is 2.28. The van der Waals surface area contributed by atoms with Crippen molar-refractivity contribution in [3.63, 3.8) is 0 Å². The second-order valence-electron chi connectivity index (χ2n) is 3.44. The van der Waals surface area contributed by atoms with Gasteiger partial charge >= 0.3 is 6.09 Å². The number of nitrogens with zero attached hydrogens (tertiary/aromatic N) is 1. The molecular weight excluding hydrogens is 194 g/mol. The van der Waals surface area contributed by atoms with Gasteiger partial charge in [0.25, 0.3) is 0 Å². The van der Waals surface area contributed by atoms with Crippen molar-refractivity contribution in [2.45, 2.75) is 30.6 Å². The van der Waals surface area contributed by atoms with E-state index in [9.17, 15) is 25.2 Å². The number of ether oxygens (including phenoxy) is 1. The Labute approximate surface area is 79.1 Å². The molecule has 0 radical (unpaired) electrons. The first kappa shape index (κ1) is 9.66. The van der Waals surface area contributed by atoms with Gasteiger partial charge in [-0.2, -0.15) is 0 Å². The first-order valence-electron chi connectivity index (χ1n) is 4.21. The molecular formula is C7H11NO6. The maximum Gasteiger partial charge on any atom is 0.412 e. The van der Waals surface area contributed by atoms with Gasteiger partial charge < -0.3 is 25.2 Å². The van der Waals surface area contributed by atoms with Crippen LogP contribution in [0.4, 0.5) is 4.79 Å². The standard InChI is InChI=1S/C7H11NO6/c9-3-2-1-14-7(13)8(2)6(12)5(11)4(3)10/h2-6,9-12H,1H2/t2-,3-,4+,5-,6-/m1/s1. The van der Waals surface area contributed by atoms with E-state index in [2.05, 4.69) is 4.74 Å². The normalized spacial score (nSPS) is 47.6. The summed E-state index contributed by atoms with van der Waals surface area (Å²) in [6.07, 6.45) is -6.69. The van der Waals surface area contributed by atoms with Gasteiger partial charge in [0.2, 0.25) is 0 Å². The number of carbonyl (C=O) groups excluding carboxylic acids is 1. The zero-order valence-corrected chi connectivity index (χ0v) is 7.15. The van der Waals surface area contributed by atoms with Crippen molar-refractivity contribution in [2.75, 3.05) is 6.61 Å². The van der Waals surface area contributed by atoms with E-state index in [1.165, 1.54) is 0 Å². The first-order chi connectivity index (χ1) is 6.54. The zero-order chi connectivity index (χ0) is 10.5. The van der Waals surface area contributed by atoms with Gasteiger partial charge in [0.1, 0.15) is 31.0 Å². The predicted octanol–water partition coefficient (Wildman–Crippen LogP) is -2.78. The molecule has 2 rings (SSSR count). The van der Waals surface area contributed by atoms with Crippen LogP contribution in [0.3, 0.4) is 0 Å². The van der Waals surface area contributed by atoms with E-state index < -0.39 is 36.7 Å². The third-order valence-corrected chi connectivity index (χ3v) is 2.63. The fourth-order valence-electron chi connectivity index (χ4n) is 1.78. The molecule has 2 aliphatic heterocycles. The van der Waals surface area contributed by atoms with E-state index in [0.29, 0.717) is 0 Å². The van der Waals surface area contributed by atoms with Gasteiger partial charge in [-0.3, -0.25) is 4.90 Å². The summed E-state index contributed by atoms with van der Waals surface area (Å²) in [6, 6.07) is -0.795. The summed E-state index contributed by atoms with van der Waals surface area (Å²) >= 11 is 0. The van der Waals surface area contributed by atoms with E-state index in [0.717, 1.165) is 4.90 Å². The lowest BCUT2D eigenvalue weighted by Gasteiger charge is -2.41. The fourth-order valence-corrected chi connectivity index (χ4v) is 1.78. The van der Waals surface area contributed by atoms with Crippen molar-refractivity contribution in [2.24, 2.45) is 0 Å². The second-order valence-corrected chi connectivity index (χ2v) is 3.44. The molecule has 2 fully saturated rings. The fraction of sp³-hybridized carbons (Fsp3) is 0.857. The van der Waals surface area contributed by atoms with Crippen LogP contribution >= 0.6 is 0 Å². The van der Waals surface area contributed by atoms with Gasteiger partial charge in [0.05, 0.1) is 0 Å². The van der Waals surface area contributed by atoms with Crippen LogP contribution in [0.5, 0.6) is 0 Å². The number of aliphatic hydroxyl groups is 4. The number of cyclic esters (lactones) is 1. The number of hydrogen-bond acceptors (Lipinski definition) is 6. The highest BCUT2D eigenvalue weighted by molar-refractivity contribution is 5.70. The van der Waals surface area contributed by atoms with E-state index in [1.54, 1.807) is 0 Å². The Morgan fingerprint density at radius 3 is 2.43 bits per heavy atom. The molecule has 7 nitrogen and oxygen atoms in total. The molecule has 14 heavy (non-hydrogen) atoms. The largest absolute Gasteiger partial charge is 0.447 e. The van der Waals surface area contributed by atoms with E-state index >= 15 is 0 Å². The third kappa shape index (κ3) is 1.10. The highest BCUT2D eigenvalue weighted by atomic mass is 16.6. The van der Waals surface area contributed by atoms with E-state index in [4.69, 9.17) is 0 Å². The Bertz CT molecular complexity index is 259. The number of aliphatic hydroxyl groups excluding tert-OH is 4. The molecule has 0 aliphatic carbocycles. The minimum Gasteiger partial charge on any atom is -0.447 e. The monoisotopic (exact) mass is 205 g/mol. The second kappa shape index (κ2) is 3.06. The molecule has 1 amide bonds. The Balaban J connectivity index is 2.27. The number of piperidine rings is 1. The molecule has 7 heteroatoms. The SMILES string of the molecule is O=C1OC[C@@H]2[C@@H](O)[C@H](O)[C@@H](O)[C@@H](O)N12. The maximum atomic E-state index is 11.1. The average Bonchev–Trinajstić information content (AvgIpc) is 2.54. The Kier molecular flexibility index (Phi) is 2.11. The van der Waals surface area contributed by atoms with Crippen LogP contribution in [0.15, 0.2) is 0 Å². The van der Waals surface area contributed by atoms with Gasteiger partial charge in [-0.25, -0.2) is 4.79 Å². The quantitative estimate of drug-likeness (QED) is 0.340. The maximum absolute atomic E-state index is 11.1. The molecule has 80 valence electrons. The van der Waals surface area contributed by atoms with Gasteiger partial charge in [-0.1, -0.05) is 0 Å². The topological polar surface area (TPSA) is 110 Å². The lowest BCUT2D eigenvalue weighted by molar-refractivity contribution is -0.193. The van der Waals surface area contributed by atoms with Crippen LogP contribution in [0.1, 0.15) is 0 Å². The Morgan fingerprint density at radius 1 is 1.14 bits per heavy atom. The molecule has 0 aromatic carbocycles. The molecule has 0 unspecified atom stereocenters. The van der Waals surface area contributed by atoms with Crippen LogP contribution in [0, 0.1) is 0 Å². The third-order valence-electron chi connectivity index (χ3n) is 2.63. The van der Waals surface area contributed by atoms with Gasteiger partial charge in [0.15, 0.2) is 6.23 Å². The summed E-state index contributed by atoms with van der Waals surface area (Å²) in [6.45, 7) is -0.0964. The molecule has 0 bridgehead atoms. The van der Waals surface area contributed by atoms with Crippen LogP contribution < -0.4 is 0 Å². The van der Waals surface area contributed by atoms with Crippen molar-refractivity contribution in [3.05, 3.63) is 0 Å². The van der Waals surface area contributed by atoms with Crippen molar-refractivity contribution in [1.29, 1.82) is 0 Å². The summed E-state index contributed by atoms with van der Waals surface area (Å²) < 4.78 is 4.58. The Hall–Kier alpha value is -0.890. The van der Waals surface area contributed by atoms with Crippen molar-refractivity contribution < 1.29 is 30.0 Å². The number of amides is 1. The summed E-state index contributed by atoms with van der Waals surface area (Å²) in [5.74, 6) is 0.